The molecule has 3 nitrogen and oxygen atoms in total. The molecule has 0 bridgehead atoms. The molecule has 2 saturated carbocycles. The van der Waals surface area contributed by atoms with E-state index in [1.807, 2.05) is 0 Å². The van der Waals surface area contributed by atoms with E-state index in [4.69, 9.17) is 0 Å². The summed E-state index contributed by atoms with van der Waals surface area (Å²) in [6, 6.07) is 0. The molecule has 1 saturated heterocycles. The highest BCUT2D eigenvalue weighted by Gasteiger charge is 2.48. The van der Waals surface area contributed by atoms with E-state index in [0.29, 0.717) is 0 Å². The van der Waals surface area contributed by atoms with Gasteiger partial charge in [0.15, 0.2) is 0 Å². The van der Waals surface area contributed by atoms with Gasteiger partial charge >= 0.3 is 0 Å². The van der Waals surface area contributed by atoms with E-state index in [-0.39, 0.29) is 0 Å². The number of hydrogen-bond acceptors (Lipinski definition) is 3. The van der Waals surface area contributed by atoms with Gasteiger partial charge in [-0.1, -0.05) is 19.8 Å². The third-order valence-electron chi connectivity index (χ3n) is 6.38. The summed E-state index contributed by atoms with van der Waals surface area (Å²) in [5, 5.41) is 0. The van der Waals surface area contributed by atoms with Gasteiger partial charge in [-0.25, -0.2) is 9.97 Å². The summed E-state index contributed by atoms with van der Waals surface area (Å²) in [6.07, 6.45) is 15.3. The number of anilines is 1. The lowest BCUT2D eigenvalue weighted by atomic mass is 9.51. The van der Waals surface area contributed by atoms with Gasteiger partial charge < -0.3 is 4.90 Å². The molecule has 0 unspecified atom stereocenters. The van der Waals surface area contributed by atoms with Crippen LogP contribution in [0.2, 0.25) is 0 Å². The van der Waals surface area contributed by atoms with E-state index in [0.717, 1.165) is 36.3 Å². The molecule has 0 amide bonds. The lowest BCUT2D eigenvalue weighted by Gasteiger charge is -2.54. The molecule has 2 heterocycles. The van der Waals surface area contributed by atoms with Crippen LogP contribution in [0.5, 0.6) is 0 Å². The third kappa shape index (κ3) is 2.45. The minimum Gasteiger partial charge on any atom is -0.341 e. The SMILES string of the molecule is CCC1CCN(c2ncc(C3CC4(CCC4)C3)cn2)CC1. The molecular weight excluding hydrogens is 258 g/mol. The average molecular weight is 285 g/mol. The minimum absolute atomic E-state index is 0.741. The molecule has 1 aliphatic heterocycles. The van der Waals surface area contributed by atoms with Gasteiger partial charge in [-0.15, -0.1) is 0 Å². The molecule has 0 aromatic carbocycles. The standard InChI is InChI=1S/C18H27N3/c1-2-14-4-8-21(9-5-14)17-19-12-16(13-20-17)15-10-18(11-15)6-3-7-18/h12-15H,2-11H2,1H3. The average Bonchev–Trinajstić information content (AvgIpc) is 2.45. The number of nitrogens with zero attached hydrogens (tertiary/aromatic N) is 3. The fraction of sp³-hybridized carbons (Fsp3) is 0.778. The van der Waals surface area contributed by atoms with E-state index < -0.39 is 0 Å². The Kier molecular flexibility index (Phi) is 3.39. The first-order chi connectivity index (χ1) is 10.3. The smallest absolute Gasteiger partial charge is 0.225 e. The maximum absolute atomic E-state index is 4.66. The maximum atomic E-state index is 4.66. The van der Waals surface area contributed by atoms with Crippen LogP contribution in [-0.2, 0) is 0 Å². The Bertz CT molecular complexity index is 476. The summed E-state index contributed by atoms with van der Waals surface area (Å²) in [5.41, 5.74) is 2.12. The van der Waals surface area contributed by atoms with Crippen LogP contribution in [0.3, 0.4) is 0 Å². The second-order valence-corrected chi connectivity index (χ2v) is 7.61. The molecule has 4 rings (SSSR count). The van der Waals surface area contributed by atoms with Crippen molar-refractivity contribution in [1.29, 1.82) is 0 Å². The van der Waals surface area contributed by atoms with Crippen molar-refractivity contribution in [2.24, 2.45) is 11.3 Å². The van der Waals surface area contributed by atoms with Crippen LogP contribution < -0.4 is 4.90 Å². The zero-order valence-corrected chi connectivity index (χ0v) is 13.2. The van der Waals surface area contributed by atoms with Gasteiger partial charge in [0.05, 0.1) is 0 Å². The Morgan fingerprint density at radius 3 is 2.33 bits per heavy atom. The second kappa shape index (κ2) is 5.26. The van der Waals surface area contributed by atoms with Crippen molar-refractivity contribution in [2.75, 3.05) is 18.0 Å². The van der Waals surface area contributed by atoms with Gasteiger partial charge in [-0.05, 0) is 61.3 Å². The van der Waals surface area contributed by atoms with Crippen molar-refractivity contribution in [2.45, 2.75) is 64.2 Å². The molecule has 0 N–H and O–H groups in total. The monoisotopic (exact) mass is 285 g/mol. The van der Waals surface area contributed by atoms with Crippen LogP contribution in [-0.4, -0.2) is 23.1 Å². The molecule has 21 heavy (non-hydrogen) atoms. The summed E-state index contributed by atoms with van der Waals surface area (Å²) >= 11 is 0. The van der Waals surface area contributed by atoms with Crippen LogP contribution in [0, 0.1) is 11.3 Å². The van der Waals surface area contributed by atoms with E-state index in [9.17, 15) is 0 Å². The molecular formula is C18H27N3. The van der Waals surface area contributed by atoms with E-state index >= 15 is 0 Å². The first kappa shape index (κ1) is 13.5. The highest BCUT2D eigenvalue weighted by atomic mass is 15.2. The molecule has 1 spiro atoms. The van der Waals surface area contributed by atoms with Gasteiger partial charge in [0.1, 0.15) is 0 Å². The molecule has 3 fully saturated rings. The Labute approximate surface area is 128 Å². The Morgan fingerprint density at radius 1 is 1.14 bits per heavy atom. The molecule has 114 valence electrons. The summed E-state index contributed by atoms with van der Waals surface area (Å²) < 4.78 is 0. The molecule has 2 aliphatic carbocycles. The lowest BCUT2D eigenvalue weighted by molar-refractivity contribution is 0.00880. The van der Waals surface area contributed by atoms with Crippen molar-refractivity contribution in [3.8, 4) is 0 Å². The summed E-state index contributed by atoms with van der Waals surface area (Å²) in [7, 11) is 0. The van der Waals surface area contributed by atoms with Gasteiger partial charge in [-0.2, -0.15) is 0 Å². The molecule has 0 radical (unpaired) electrons. The van der Waals surface area contributed by atoms with E-state index in [1.165, 1.54) is 56.9 Å². The molecule has 3 heteroatoms. The second-order valence-electron chi connectivity index (χ2n) is 7.61. The molecule has 0 atom stereocenters. The van der Waals surface area contributed by atoms with E-state index in [2.05, 4.69) is 34.2 Å². The van der Waals surface area contributed by atoms with Gasteiger partial charge in [0, 0.05) is 25.5 Å². The van der Waals surface area contributed by atoms with Gasteiger partial charge in [-0.3, -0.25) is 0 Å². The van der Waals surface area contributed by atoms with Crippen LogP contribution >= 0.6 is 0 Å². The van der Waals surface area contributed by atoms with Crippen LogP contribution in [0.15, 0.2) is 12.4 Å². The topological polar surface area (TPSA) is 29.0 Å². The van der Waals surface area contributed by atoms with Gasteiger partial charge in [0.25, 0.3) is 0 Å². The number of rotatable bonds is 3. The predicted octanol–water partition coefficient (Wildman–Crippen LogP) is 4.15. The van der Waals surface area contributed by atoms with Crippen molar-refractivity contribution in [3.05, 3.63) is 18.0 Å². The highest BCUT2D eigenvalue weighted by Crippen LogP contribution is 2.61. The fourth-order valence-electron chi connectivity index (χ4n) is 4.55. The Hall–Kier alpha value is -1.12. The number of piperidine rings is 1. The molecule has 3 aliphatic rings. The Morgan fingerprint density at radius 2 is 1.81 bits per heavy atom. The fourth-order valence-corrected chi connectivity index (χ4v) is 4.55. The van der Waals surface area contributed by atoms with Crippen LogP contribution in [0.4, 0.5) is 5.95 Å². The largest absolute Gasteiger partial charge is 0.341 e. The summed E-state index contributed by atoms with van der Waals surface area (Å²) in [5.74, 6) is 2.60. The van der Waals surface area contributed by atoms with Crippen molar-refractivity contribution in [3.63, 3.8) is 0 Å². The maximum Gasteiger partial charge on any atom is 0.225 e. The van der Waals surface area contributed by atoms with Crippen molar-refractivity contribution in [1.82, 2.24) is 9.97 Å². The van der Waals surface area contributed by atoms with E-state index in [1.54, 1.807) is 0 Å². The minimum atomic E-state index is 0.741. The number of aromatic nitrogens is 2. The predicted molar refractivity (Wildman–Crippen MR) is 85.5 cm³/mol. The third-order valence-corrected chi connectivity index (χ3v) is 6.38. The van der Waals surface area contributed by atoms with Crippen LogP contribution in [0.1, 0.15) is 69.8 Å². The van der Waals surface area contributed by atoms with Crippen molar-refractivity contribution >= 4 is 5.95 Å². The zero-order chi connectivity index (χ0) is 14.3. The zero-order valence-electron chi connectivity index (χ0n) is 13.2. The molecule has 1 aromatic heterocycles. The first-order valence-corrected chi connectivity index (χ1v) is 8.85. The normalized spacial score (nSPS) is 25.7. The summed E-state index contributed by atoms with van der Waals surface area (Å²) in [4.78, 5) is 11.7. The quantitative estimate of drug-likeness (QED) is 0.835. The molecule has 1 aromatic rings. The highest BCUT2D eigenvalue weighted by molar-refractivity contribution is 5.32. The lowest BCUT2D eigenvalue weighted by Crippen LogP contribution is -2.41. The summed E-state index contributed by atoms with van der Waals surface area (Å²) in [6.45, 7) is 4.56. The Balaban J connectivity index is 1.36. The first-order valence-electron chi connectivity index (χ1n) is 8.85. The number of hydrogen-bond donors (Lipinski definition) is 0. The van der Waals surface area contributed by atoms with Gasteiger partial charge in [0.2, 0.25) is 5.95 Å². The van der Waals surface area contributed by atoms with Crippen molar-refractivity contribution < 1.29 is 0 Å². The van der Waals surface area contributed by atoms with Crippen LogP contribution in [0.25, 0.3) is 0 Å².